The number of carbonyl (C=O) groups is 1. The van der Waals surface area contributed by atoms with E-state index in [9.17, 15) is 4.79 Å². The fourth-order valence-electron chi connectivity index (χ4n) is 1.88. The number of carbonyl (C=O) groups excluding carboxylic acids is 1. The Bertz CT molecular complexity index is 461. The van der Waals surface area contributed by atoms with Crippen LogP contribution in [0.2, 0.25) is 0 Å². The monoisotopic (exact) mass is 292 g/mol. The first-order valence-corrected chi connectivity index (χ1v) is 7.00. The molecule has 0 atom stereocenters. The van der Waals surface area contributed by atoms with Crippen LogP contribution in [0.4, 0.5) is 0 Å². The molecule has 0 heterocycles. The maximum absolute atomic E-state index is 11.6. The first-order valence-electron chi connectivity index (χ1n) is 7.00. The SMILES string of the molecule is C=CCNCCC(=O)NCCc1ccc(OC)c(OC)c1. The van der Waals surface area contributed by atoms with E-state index in [-0.39, 0.29) is 5.91 Å². The summed E-state index contributed by atoms with van der Waals surface area (Å²) in [6.07, 6.45) is 3.00. The van der Waals surface area contributed by atoms with Gasteiger partial charge in [0.25, 0.3) is 0 Å². The Labute approximate surface area is 126 Å². The van der Waals surface area contributed by atoms with Gasteiger partial charge < -0.3 is 20.1 Å². The fraction of sp³-hybridized carbons (Fsp3) is 0.438. The molecule has 0 spiro atoms. The summed E-state index contributed by atoms with van der Waals surface area (Å²) in [7, 11) is 3.22. The van der Waals surface area contributed by atoms with Gasteiger partial charge in [0.05, 0.1) is 14.2 Å². The van der Waals surface area contributed by atoms with Crippen LogP contribution in [-0.4, -0.2) is 39.8 Å². The van der Waals surface area contributed by atoms with Gasteiger partial charge in [0.15, 0.2) is 11.5 Å². The van der Waals surface area contributed by atoms with Gasteiger partial charge >= 0.3 is 0 Å². The summed E-state index contributed by atoms with van der Waals surface area (Å²) in [4.78, 5) is 11.6. The second-order valence-electron chi connectivity index (χ2n) is 4.53. The van der Waals surface area contributed by atoms with Crippen LogP contribution >= 0.6 is 0 Å². The van der Waals surface area contributed by atoms with Crippen molar-refractivity contribution in [2.45, 2.75) is 12.8 Å². The molecule has 1 rings (SSSR count). The third-order valence-corrected chi connectivity index (χ3v) is 3.00. The van der Waals surface area contributed by atoms with E-state index in [2.05, 4.69) is 17.2 Å². The Kier molecular flexibility index (Phi) is 7.97. The Hall–Kier alpha value is -2.01. The topological polar surface area (TPSA) is 59.6 Å². The highest BCUT2D eigenvalue weighted by Crippen LogP contribution is 2.27. The molecule has 1 aromatic carbocycles. The van der Waals surface area contributed by atoms with E-state index in [1.807, 2.05) is 18.2 Å². The van der Waals surface area contributed by atoms with Gasteiger partial charge in [-0.25, -0.2) is 0 Å². The second kappa shape index (κ2) is 9.83. The highest BCUT2D eigenvalue weighted by molar-refractivity contribution is 5.76. The first kappa shape index (κ1) is 17.0. The molecule has 5 heteroatoms. The Balaban J connectivity index is 2.32. The molecule has 21 heavy (non-hydrogen) atoms. The summed E-state index contributed by atoms with van der Waals surface area (Å²) < 4.78 is 10.4. The third kappa shape index (κ3) is 6.31. The third-order valence-electron chi connectivity index (χ3n) is 3.00. The maximum atomic E-state index is 11.6. The van der Waals surface area contributed by atoms with E-state index in [1.165, 1.54) is 0 Å². The molecule has 1 amide bonds. The van der Waals surface area contributed by atoms with Crippen molar-refractivity contribution in [2.75, 3.05) is 33.9 Å². The molecule has 0 unspecified atom stereocenters. The van der Waals surface area contributed by atoms with Crippen LogP contribution in [0.1, 0.15) is 12.0 Å². The summed E-state index contributed by atoms with van der Waals surface area (Å²) in [5.41, 5.74) is 1.10. The molecule has 0 aliphatic rings. The number of nitrogens with one attached hydrogen (secondary N) is 2. The molecule has 116 valence electrons. The van der Waals surface area contributed by atoms with Crippen molar-refractivity contribution in [2.24, 2.45) is 0 Å². The Morgan fingerprint density at radius 1 is 1.24 bits per heavy atom. The number of methoxy groups -OCH3 is 2. The lowest BCUT2D eigenvalue weighted by atomic mass is 10.1. The highest BCUT2D eigenvalue weighted by Gasteiger charge is 2.05. The standard InChI is InChI=1S/C16H24N2O3/c1-4-9-17-10-8-16(19)18-11-7-13-5-6-14(20-2)15(12-13)21-3/h4-6,12,17H,1,7-11H2,2-3H3,(H,18,19). The predicted octanol–water partition coefficient (Wildman–Crippen LogP) is 1.53. The van der Waals surface area contributed by atoms with Crippen LogP contribution in [0.3, 0.4) is 0 Å². The average Bonchev–Trinajstić information content (AvgIpc) is 2.51. The summed E-state index contributed by atoms with van der Waals surface area (Å²) in [6.45, 7) is 5.59. The van der Waals surface area contributed by atoms with Gasteiger partial charge in [0.1, 0.15) is 0 Å². The molecule has 0 fully saturated rings. The van der Waals surface area contributed by atoms with Crippen molar-refractivity contribution >= 4 is 5.91 Å². The molecule has 0 bridgehead atoms. The Morgan fingerprint density at radius 3 is 2.67 bits per heavy atom. The minimum absolute atomic E-state index is 0.0482. The van der Waals surface area contributed by atoms with Crippen LogP contribution in [0.25, 0.3) is 0 Å². The number of hydrogen-bond acceptors (Lipinski definition) is 4. The van der Waals surface area contributed by atoms with Crippen LogP contribution in [0.5, 0.6) is 11.5 Å². The van der Waals surface area contributed by atoms with Crippen LogP contribution in [0, 0.1) is 0 Å². The van der Waals surface area contributed by atoms with Crippen molar-refractivity contribution in [3.8, 4) is 11.5 Å². The summed E-state index contributed by atoms with van der Waals surface area (Å²) >= 11 is 0. The average molecular weight is 292 g/mol. The lowest BCUT2D eigenvalue weighted by Crippen LogP contribution is -2.29. The molecule has 0 aromatic heterocycles. The van der Waals surface area contributed by atoms with Gasteiger partial charge in [-0.05, 0) is 24.1 Å². The molecule has 0 aliphatic carbocycles. The van der Waals surface area contributed by atoms with Crippen molar-refractivity contribution in [3.05, 3.63) is 36.4 Å². The van der Waals surface area contributed by atoms with E-state index >= 15 is 0 Å². The zero-order chi connectivity index (χ0) is 15.5. The minimum Gasteiger partial charge on any atom is -0.493 e. The lowest BCUT2D eigenvalue weighted by molar-refractivity contribution is -0.120. The lowest BCUT2D eigenvalue weighted by Gasteiger charge is -2.10. The zero-order valence-electron chi connectivity index (χ0n) is 12.8. The molecular formula is C16H24N2O3. The maximum Gasteiger partial charge on any atom is 0.221 e. The van der Waals surface area contributed by atoms with Crippen LogP contribution < -0.4 is 20.1 Å². The first-order chi connectivity index (χ1) is 10.2. The van der Waals surface area contributed by atoms with Crippen LogP contribution in [-0.2, 0) is 11.2 Å². The second-order valence-corrected chi connectivity index (χ2v) is 4.53. The summed E-state index contributed by atoms with van der Waals surface area (Å²) in [5, 5.41) is 5.99. The Morgan fingerprint density at radius 2 is 2.00 bits per heavy atom. The van der Waals surface area contributed by atoms with Gasteiger partial charge in [0.2, 0.25) is 5.91 Å². The number of rotatable bonds is 10. The van der Waals surface area contributed by atoms with Crippen molar-refractivity contribution in [3.63, 3.8) is 0 Å². The quantitative estimate of drug-likeness (QED) is 0.507. The number of hydrogen-bond donors (Lipinski definition) is 2. The van der Waals surface area contributed by atoms with E-state index < -0.39 is 0 Å². The van der Waals surface area contributed by atoms with Gasteiger partial charge in [-0.2, -0.15) is 0 Å². The normalized spacial score (nSPS) is 10.0. The van der Waals surface area contributed by atoms with Gasteiger partial charge in [-0.15, -0.1) is 6.58 Å². The fourth-order valence-corrected chi connectivity index (χ4v) is 1.88. The summed E-state index contributed by atoms with van der Waals surface area (Å²) in [6, 6.07) is 5.77. The molecule has 1 aromatic rings. The largest absolute Gasteiger partial charge is 0.493 e. The molecule has 2 N–H and O–H groups in total. The smallest absolute Gasteiger partial charge is 0.221 e. The van der Waals surface area contributed by atoms with Gasteiger partial charge in [0, 0.05) is 26.1 Å². The van der Waals surface area contributed by atoms with E-state index in [0.29, 0.717) is 31.0 Å². The number of ether oxygens (including phenoxy) is 2. The van der Waals surface area contributed by atoms with E-state index in [1.54, 1.807) is 20.3 Å². The van der Waals surface area contributed by atoms with Gasteiger partial charge in [-0.3, -0.25) is 4.79 Å². The molecule has 5 nitrogen and oxygen atoms in total. The molecule has 0 aliphatic heterocycles. The number of benzene rings is 1. The molecular weight excluding hydrogens is 268 g/mol. The highest BCUT2D eigenvalue weighted by atomic mass is 16.5. The molecule has 0 saturated carbocycles. The summed E-state index contributed by atoms with van der Waals surface area (Å²) in [5.74, 6) is 1.46. The molecule has 0 radical (unpaired) electrons. The van der Waals surface area contributed by atoms with Gasteiger partial charge in [-0.1, -0.05) is 12.1 Å². The van der Waals surface area contributed by atoms with E-state index in [4.69, 9.17) is 9.47 Å². The number of amides is 1. The predicted molar refractivity (Wildman–Crippen MR) is 83.9 cm³/mol. The van der Waals surface area contributed by atoms with Crippen molar-refractivity contribution in [1.82, 2.24) is 10.6 Å². The van der Waals surface area contributed by atoms with Crippen LogP contribution in [0.15, 0.2) is 30.9 Å². The minimum atomic E-state index is 0.0482. The van der Waals surface area contributed by atoms with Crippen molar-refractivity contribution < 1.29 is 14.3 Å². The zero-order valence-corrected chi connectivity index (χ0v) is 12.8. The van der Waals surface area contributed by atoms with Crippen molar-refractivity contribution in [1.29, 1.82) is 0 Å². The molecule has 0 saturated heterocycles. The van der Waals surface area contributed by atoms with E-state index in [0.717, 1.165) is 18.5 Å².